The van der Waals surface area contributed by atoms with Gasteiger partial charge in [-0.25, -0.2) is 0 Å². The Labute approximate surface area is 166 Å². The Morgan fingerprint density at radius 1 is 0.519 bits per heavy atom. The van der Waals surface area contributed by atoms with Gasteiger partial charge in [-0.15, -0.1) is 0 Å². The molecule has 2 aromatic rings. The lowest BCUT2D eigenvalue weighted by atomic mass is 9.91. The van der Waals surface area contributed by atoms with Crippen LogP contribution in [0, 0.1) is 5.41 Å². The summed E-state index contributed by atoms with van der Waals surface area (Å²) in [6.45, 7) is 6.66. The van der Waals surface area contributed by atoms with Crippen molar-refractivity contribution in [2.75, 3.05) is 75.0 Å². The molecule has 0 aliphatic heterocycles. The Morgan fingerprint density at radius 2 is 0.778 bits per heavy atom. The maximum Gasteiger partial charge on any atom is 0.0365 e. The molecule has 148 valence electrons. The molecule has 0 saturated carbocycles. The van der Waals surface area contributed by atoms with Crippen LogP contribution in [0.25, 0.3) is 0 Å². The molecule has 2 rings (SSSR count). The highest BCUT2D eigenvalue weighted by atomic mass is 15.1. The average molecular weight is 369 g/mol. The van der Waals surface area contributed by atoms with Crippen molar-refractivity contribution < 1.29 is 0 Å². The Bertz CT molecular complexity index is 641. The minimum Gasteiger partial charge on any atom is -0.378 e. The van der Waals surface area contributed by atoms with Gasteiger partial charge in [0.25, 0.3) is 0 Å². The summed E-state index contributed by atoms with van der Waals surface area (Å²) in [5, 5.41) is 0. The number of anilines is 4. The van der Waals surface area contributed by atoms with Gasteiger partial charge >= 0.3 is 0 Å². The summed E-state index contributed by atoms with van der Waals surface area (Å²) in [6, 6.07) is 17.5. The number of benzene rings is 2. The number of nitrogens with zero attached hydrogens (tertiary/aromatic N) is 4. The zero-order valence-electron chi connectivity index (χ0n) is 18.3. The first-order valence-corrected chi connectivity index (χ1v) is 9.56. The Morgan fingerprint density at radius 3 is 1.04 bits per heavy atom. The highest BCUT2D eigenvalue weighted by molar-refractivity contribution is 5.57. The van der Waals surface area contributed by atoms with E-state index in [2.05, 4.69) is 124 Å². The van der Waals surface area contributed by atoms with E-state index in [4.69, 9.17) is 0 Å². The van der Waals surface area contributed by atoms with Gasteiger partial charge in [0.15, 0.2) is 0 Å². The molecule has 4 heteroatoms. The van der Waals surface area contributed by atoms with Gasteiger partial charge in [0.2, 0.25) is 0 Å². The van der Waals surface area contributed by atoms with Crippen LogP contribution in [-0.2, 0) is 0 Å². The number of hydrogen-bond acceptors (Lipinski definition) is 4. The topological polar surface area (TPSA) is 13.0 Å². The van der Waals surface area contributed by atoms with Crippen molar-refractivity contribution >= 4 is 22.7 Å². The predicted octanol–water partition coefficient (Wildman–Crippen LogP) is 4.42. The normalized spacial score (nSPS) is 11.3. The first-order chi connectivity index (χ1) is 12.6. The quantitative estimate of drug-likeness (QED) is 0.684. The molecule has 0 aliphatic carbocycles. The lowest BCUT2D eigenvalue weighted by Gasteiger charge is -2.36. The van der Waals surface area contributed by atoms with Gasteiger partial charge in [-0.1, -0.05) is 13.8 Å². The van der Waals surface area contributed by atoms with Crippen molar-refractivity contribution in [1.29, 1.82) is 0 Å². The Kier molecular flexibility index (Phi) is 6.63. The van der Waals surface area contributed by atoms with Gasteiger partial charge in [-0.05, 0) is 53.9 Å². The second kappa shape index (κ2) is 8.55. The van der Waals surface area contributed by atoms with Crippen LogP contribution in [-0.4, -0.2) is 55.4 Å². The van der Waals surface area contributed by atoms with Gasteiger partial charge in [0, 0.05) is 78.1 Å². The van der Waals surface area contributed by atoms with Gasteiger partial charge in [0.1, 0.15) is 0 Å². The van der Waals surface area contributed by atoms with Crippen molar-refractivity contribution in [2.45, 2.75) is 13.8 Å². The molecular formula is C23H36N4. The predicted molar refractivity (Wildman–Crippen MR) is 122 cm³/mol. The summed E-state index contributed by atoms with van der Waals surface area (Å²) in [5.41, 5.74) is 5.13. The first-order valence-electron chi connectivity index (χ1n) is 9.56. The van der Waals surface area contributed by atoms with Crippen LogP contribution in [0.4, 0.5) is 22.7 Å². The van der Waals surface area contributed by atoms with Gasteiger partial charge < -0.3 is 19.6 Å². The standard InChI is InChI=1S/C23H36N4/c1-23(2,17-26(7)21-13-9-19(10-14-21)24(3)4)18-27(8)22-15-11-20(12-16-22)25(5)6/h9-16H,17-18H2,1-8H3. The summed E-state index contributed by atoms with van der Waals surface area (Å²) < 4.78 is 0. The second-order valence-corrected chi connectivity index (χ2v) is 8.70. The summed E-state index contributed by atoms with van der Waals surface area (Å²) in [6.07, 6.45) is 0. The third kappa shape index (κ3) is 5.81. The molecule has 0 aliphatic rings. The Balaban J connectivity index is 2.00. The van der Waals surface area contributed by atoms with E-state index < -0.39 is 0 Å². The fraction of sp³-hybridized carbons (Fsp3) is 0.478. The zero-order valence-corrected chi connectivity index (χ0v) is 18.3. The van der Waals surface area contributed by atoms with E-state index in [1.807, 2.05) is 0 Å². The zero-order chi connectivity index (χ0) is 20.2. The van der Waals surface area contributed by atoms with Crippen molar-refractivity contribution in [3.8, 4) is 0 Å². The van der Waals surface area contributed by atoms with E-state index >= 15 is 0 Å². The van der Waals surface area contributed by atoms with Crippen LogP contribution >= 0.6 is 0 Å². The number of hydrogen-bond donors (Lipinski definition) is 0. The van der Waals surface area contributed by atoms with Crippen molar-refractivity contribution in [3.63, 3.8) is 0 Å². The molecule has 0 amide bonds. The van der Waals surface area contributed by atoms with Crippen molar-refractivity contribution in [3.05, 3.63) is 48.5 Å². The lowest BCUT2D eigenvalue weighted by molar-refractivity contribution is 0.378. The average Bonchev–Trinajstić information content (AvgIpc) is 2.61. The highest BCUT2D eigenvalue weighted by Gasteiger charge is 2.23. The summed E-state index contributed by atoms with van der Waals surface area (Å²) in [5.74, 6) is 0. The SMILES string of the molecule is CN(C)c1ccc(N(C)CC(C)(C)CN(C)c2ccc(N(C)C)cc2)cc1. The second-order valence-electron chi connectivity index (χ2n) is 8.70. The van der Waals surface area contributed by atoms with E-state index in [-0.39, 0.29) is 5.41 Å². The van der Waals surface area contributed by atoms with Crippen LogP contribution < -0.4 is 19.6 Å². The van der Waals surface area contributed by atoms with E-state index in [0.29, 0.717) is 0 Å². The Hall–Kier alpha value is -2.36. The van der Waals surface area contributed by atoms with E-state index in [1.54, 1.807) is 0 Å². The van der Waals surface area contributed by atoms with E-state index in [0.717, 1.165) is 13.1 Å². The largest absolute Gasteiger partial charge is 0.378 e. The number of rotatable bonds is 8. The molecule has 0 fully saturated rings. The highest BCUT2D eigenvalue weighted by Crippen LogP contribution is 2.26. The minimum absolute atomic E-state index is 0.157. The van der Waals surface area contributed by atoms with Crippen LogP contribution in [0.5, 0.6) is 0 Å². The third-order valence-electron chi connectivity index (χ3n) is 4.94. The molecule has 2 aromatic carbocycles. The molecule has 0 heterocycles. The van der Waals surface area contributed by atoms with E-state index in [9.17, 15) is 0 Å². The molecule has 0 N–H and O–H groups in total. The molecule has 0 spiro atoms. The van der Waals surface area contributed by atoms with Crippen LogP contribution in [0.3, 0.4) is 0 Å². The van der Waals surface area contributed by atoms with Gasteiger partial charge in [-0.2, -0.15) is 0 Å². The summed E-state index contributed by atoms with van der Waals surface area (Å²) in [4.78, 5) is 8.96. The van der Waals surface area contributed by atoms with Gasteiger partial charge in [0.05, 0.1) is 0 Å². The van der Waals surface area contributed by atoms with Gasteiger partial charge in [-0.3, -0.25) is 0 Å². The molecule has 0 bridgehead atoms. The van der Waals surface area contributed by atoms with Crippen molar-refractivity contribution in [2.24, 2.45) is 5.41 Å². The molecule has 27 heavy (non-hydrogen) atoms. The van der Waals surface area contributed by atoms with Crippen LogP contribution in [0.2, 0.25) is 0 Å². The third-order valence-corrected chi connectivity index (χ3v) is 4.94. The van der Waals surface area contributed by atoms with Crippen LogP contribution in [0.15, 0.2) is 48.5 Å². The maximum atomic E-state index is 2.35. The fourth-order valence-corrected chi connectivity index (χ4v) is 3.53. The first kappa shape index (κ1) is 20.9. The molecule has 4 nitrogen and oxygen atoms in total. The lowest BCUT2D eigenvalue weighted by Crippen LogP contribution is -2.40. The van der Waals surface area contributed by atoms with Crippen LogP contribution in [0.1, 0.15) is 13.8 Å². The monoisotopic (exact) mass is 368 g/mol. The molecule has 0 radical (unpaired) electrons. The maximum absolute atomic E-state index is 2.35. The van der Waals surface area contributed by atoms with E-state index in [1.165, 1.54) is 22.7 Å². The molecular weight excluding hydrogens is 332 g/mol. The fourth-order valence-electron chi connectivity index (χ4n) is 3.53. The summed E-state index contributed by atoms with van der Waals surface area (Å²) in [7, 11) is 12.6. The summed E-state index contributed by atoms with van der Waals surface area (Å²) >= 11 is 0. The minimum atomic E-state index is 0.157. The molecule has 0 saturated heterocycles. The smallest absolute Gasteiger partial charge is 0.0365 e. The molecule has 0 aromatic heterocycles. The molecule has 0 atom stereocenters. The van der Waals surface area contributed by atoms with Crippen molar-refractivity contribution in [1.82, 2.24) is 0 Å². The molecule has 0 unspecified atom stereocenters.